The van der Waals surface area contributed by atoms with Crippen molar-refractivity contribution in [2.24, 2.45) is 5.92 Å². The lowest BCUT2D eigenvalue weighted by atomic mass is 9.69. The summed E-state index contributed by atoms with van der Waals surface area (Å²) in [7, 11) is 0. The topological polar surface area (TPSA) is 63.6 Å². The Morgan fingerprint density at radius 1 is 1.33 bits per heavy atom. The molecule has 4 nitrogen and oxygen atoms in total. The fourth-order valence-corrected chi connectivity index (χ4v) is 2.99. The Hall–Kier alpha value is -1.68. The van der Waals surface area contributed by atoms with Gasteiger partial charge in [-0.2, -0.15) is 0 Å². The van der Waals surface area contributed by atoms with Crippen LogP contribution in [0.4, 0.5) is 0 Å². The first-order chi connectivity index (χ1) is 9.80. The minimum atomic E-state index is -1.08. The van der Waals surface area contributed by atoms with Crippen molar-refractivity contribution in [2.75, 3.05) is 0 Å². The molecule has 0 aromatic heterocycles. The highest BCUT2D eigenvalue weighted by Gasteiger charge is 2.46. The second-order valence-corrected chi connectivity index (χ2v) is 6.32. The van der Waals surface area contributed by atoms with Gasteiger partial charge >= 0.3 is 5.97 Å². The number of rotatable bonds is 3. The maximum atomic E-state index is 12.4. The first-order valence-electron chi connectivity index (χ1n) is 7.31. The molecule has 0 spiro atoms. The van der Waals surface area contributed by atoms with Crippen LogP contribution in [0, 0.1) is 5.92 Å². The maximum Gasteiger partial charge on any atom is 0.317 e. The average Bonchev–Trinajstić information content (AvgIpc) is 2.36. The van der Waals surface area contributed by atoms with Crippen molar-refractivity contribution in [3.05, 3.63) is 35.9 Å². The van der Waals surface area contributed by atoms with Crippen molar-refractivity contribution in [3.8, 4) is 0 Å². The summed E-state index contributed by atoms with van der Waals surface area (Å²) in [6, 6.07) is 9.39. The Labute approximate surface area is 125 Å². The van der Waals surface area contributed by atoms with E-state index in [1.54, 1.807) is 20.8 Å². The van der Waals surface area contributed by atoms with E-state index in [2.05, 4.69) is 0 Å². The molecule has 0 aliphatic heterocycles. The van der Waals surface area contributed by atoms with Gasteiger partial charge in [-0.3, -0.25) is 9.59 Å². The first kappa shape index (κ1) is 15.7. The van der Waals surface area contributed by atoms with E-state index in [0.29, 0.717) is 6.42 Å². The number of Topliss-reactive ketones (excluding diaryl/α,β-unsaturated/α-hetero) is 1. The van der Waals surface area contributed by atoms with Crippen LogP contribution in [-0.4, -0.2) is 28.6 Å². The maximum absolute atomic E-state index is 12.4. The number of ketones is 1. The molecule has 3 unspecified atom stereocenters. The molecule has 114 valence electrons. The van der Waals surface area contributed by atoms with Crippen molar-refractivity contribution >= 4 is 11.8 Å². The summed E-state index contributed by atoms with van der Waals surface area (Å²) in [6.07, 6.45) is 0.110. The van der Waals surface area contributed by atoms with Crippen molar-refractivity contribution in [1.29, 1.82) is 0 Å². The molecule has 0 saturated heterocycles. The van der Waals surface area contributed by atoms with Crippen LogP contribution in [0.25, 0.3) is 0 Å². The average molecular weight is 290 g/mol. The fraction of sp³-hybridized carbons (Fsp3) is 0.529. The largest absolute Gasteiger partial charge is 0.462 e. The number of ether oxygens (including phenoxy) is 1. The van der Waals surface area contributed by atoms with Crippen LogP contribution in [-0.2, 0) is 14.3 Å². The van der Waals surface area contributed by atoms with Gasteiger partial charge in [0.2, 0.25) is 0 Å². The van der Waals surface area contributed by atoms with Gasteiger partial charge in [-0.05, 0) is 32.8 Å². The normalized spacial score (nSPS) is 29.5. The molecular weight excluding hydrogens is 268 g/mol. The third kappa shape index (κ3) is 3.70. The van der Waals surface area contributed by atoms with Crippen molar-refractivity contribution in [1.82, 2.24) is 0 Å². The fourth-order valence-electron chi connectivity index (χ4n) is 2.99. The minimum absolute atomic E-state index is 0.00576. The number of benzene rings is 1. The number of carbonyl (C=O) groups excluding carboxylic acids is 2. The van der Waals surface area contributed by atoms with Gasteiger partial charge in [-0.15, -0.1) is 0 Å². The highest BCUT2D eigenvalue weighted by atomic mass is 16.5. The lowest BCUT2D eigenvalue weighted by Crippen LogP contribution is -2.45. The molecule has 1 saturated carbocycles. The van der Waals surface area contributed by atoms with E-state index in [0.717, 1.165) is 5.56 Å². The highest BCUT2D eigenvalue weighted by Crippen LogP contribution is 2.41. The second-order valence-electron chi connectivity index (χ2n) is 6.32. The van der Waals surface area contributed by atoms with Gasteiger partial charge in [-0.1, -0.05) is 30.3 Å². The Kier molecular flexibility index (Phi) is 4.47. The van der Waals surface area contributed by atoms with Crippen LogP contribution in [0.2, 0.25) is 0 Å². The predicted octanol–water partition coefficient (Wildman–Crippen LogP) is 2.45. The molecule has 0 heterocycles. The Morgan fingerprint density at radius 3 is 2.52 bits per heavy atom. The Bertz CT molecular complexity index is 511. The molecule has 0 amide bonds. The summed E-state index contributed by atoms with van der Waals surface area (Å²) in [6.45, 7) is 5.17. The van der Waals surface area contributed by atoms with Crippen molar-refractivity contribution < 1.29 is 19.4 Å². The van der Waals surface area contributed by atoms with E-state index in [1.807, 2.05) is 30.3 Å². The predicted molar refractivity (Wildman–Crippen MR) is 78.8 cm³/mol. The second kappa shape index (κ2) is 5.98. The molecule has 4 heteroatoms. The van der Waals surface area contributed by atoms with Crippen LogP contribution in [0.3, 0.4) is 0 Å². The zero-order valence-corrected chi connectivity index (χ0v) is 12.7. The zero-order chi connectivity index (χ0) is 15.6. The summed E-state index contributed by atoms with van der Waals surface area (Å²) < 4.78 is 5.24. The van der Waals surface area contributed by atoms with E-state index in [9.17, 15) is 14.7 Å². The standard InChI is InChI=1S/C17H22O4/c1-11(2)21-16(19)15-13(12-7-5-4-6-8-12)9-17(3,20)10-14(15)18/h4-8,11,13,15,20H,9-10H2,1-3H3. The van der Waals surface area contributed by atoms with Gasteiger partial charge in [0.15, 0.2) is 5.78 Å². The third-order valence-corrected chi connectivity index (χ3v) is 3.80. The molecule has 1 fully saturated rings. The minimum Gasteiger partial charge on any atom is -0.462 e. The highest BCUT2D eigenvalue weighted by molar-refractivity contribution is 6.01. The molecule has 2 rings (SSSR count). The number of aliphatic hydroxyl groups is 1. The smallest absolute Gasteiger partial charge is 0.317 e. The molecular formula is C17H22O4. The monoisotopic (exact) mass is 290 g/mol. The van der Waals surface area contributed by atoms with Crippen LogP contribution in [0.15, 0.2) is 30.3 Å². The van der Waals surface area contributed by atoms with Crippen LogP contribution in [0.1, 0.15) is 45.1 Å². The summed E-state index contributed by atoms with van der Waals surface area (Å²) in [5, 5.41) is 10.3. The number of hydrogen-bond donors (Lipinski definition) is 1. The van der Waals surface area contributed by atoms with Gasteiger partial charge in [0.25, 0.3) is 0 Å². The van der Waals surface area contributed by atoms with Crippen LogP contribution < -0.4 is 0 Å². The SMILES string of the molecule is CC(C)OC(=O)C1C(=O)CC(C)(O)CC1c1ccccc1. The number of hydrogen-bond acceptors (Lipinski definition) is 4. The van der Waals surface area contributed by atoms with Crippen molar-refractivity contribution in [3.63, 3.8) is 0 Å². The molecule has 1 aromatic carbocycles. The Balaban J connectivity index is 2.34. The lowest BCUT2D eigenvalue weighted by molar-refractivity contribution is -0.160. The summed E-state index contributed by atoms with van der Waals surface area (Å²) in [4.78, 5) is 24.6. The van der Waals surface area contributed by atoms with Gasteiger partial charge < -0.3 is 9.84 Å². The van der Waals surface area contributed by atoms with Gasteiger partial charge in [0, 0.05) is 12.3 Å². The molecule has 3 atom stereocenters. The Morgan fingerprint density at radius 2 is 1.95 bits per heavy atom. The van der Waals surface area contributed by atoms with Crippen LogP contribution in [0.5, 0.6) is 0 Å². The van der Waals surface area contributed by atoms with Crippen LogP contribution >= 0.6 is 0 Å². The summed E-state index contributed by atoms with van der Waals surface area (Å²) in [5.74, 6) is -1.89. The molecule has 0 bridgehead atoms. The van der Waals surface area contributed by atoms with Crippen molar-refractivity contribution in [2.45, 2.75) is 51.2 Å². The summed E-state index contributed by atoms with van der Waals surface area (Å²) in [5.41, 5.74) is -0.192. The van der Waals surface area contributed by atoms with E-state index in [4.69, 9.17) is 4.74 Å². The molecule has 1 aliphatic carbocycles. The third-order valence-electron chi connectivity index (χ3n) is 3.80. The molecule has 21 heavy (non-hydrogen) atoms. The molecule has 0 radical (unpaired) electrons. The van der Waals surface area contributed by atoms with Gasteiger partial charge in [-0.25, -0.2) is 0 Å². The zero-order valence-electron chi connectivity index (χ0n) is 12.7. The lowest BCUT2D eigenvalue weighted by Gasteiger charge is -2.37. The van der Waals surface area contributed by atoms with Gasteiger partial charge in [0.05, 0.1) is 11.7 Å². The van der Waals surface area contributed by atoms with E-state index < -0.39 is 17.5 Å². The number of esters is 1. The quantitative estimate of drug-likeness (QED) is 0.686. The molecule has 1 N–H and O–H groups in total. The molecule has 1 aliphatic rings. The molecule has 1 aromatic rings. The van der Waals surface area contributed by atoms with E-state index in [1.165, 1.54) is 0 Å². The first-order valence-corrected chi connectivity index (χ1v) is 7.31. The van der Waals surface area contributed by atoms with Gasteiger partial charge in [0.1, 0.15) is 5.92 Å². The number of carbonyl (C=O) groups is 2. The summed E-state index contributed by atoms with van der Waals surface area (Å²) >= 11 is 0. The van der Waals surface area contributed by atoms with E-state index in [-0.39, 0.29) is 24.2 Å². The van der Waals surface area contributed by atoms with E-state index >= 15 is 0 Å².